The number of benzene rings is 1. The molecule has 1 N–H and O–H groups in total. The summed E-state index contributed by atoms with van der Waals surface area (Å²) in [5.74, 6) is -1.59. The Hall–Kier alpha value is -3.52. The van der Waals surface area contributed by atoms with Gasteiger partial charge in [-0.2, -0.15) is 0 Å². The standard InChI is InChI=1S/C23H22N4O3S/c1-13-22(31-14(2)25-13)20(28)18-19(17-7-5-6-12-24-17)27(23(30)21(18)29)16-10-8-15(9-11-16)26(3)4/h5-12,19,29H,1-4H3. The van der Waals surface area contributed by atoms with E-state index in [0.717, 1.165) is 10.7 Å². The number of nitrogens with zero attached hydrogens (tertiary/aromatic N) is 4. The minimum atomic E-state index is -0.840. The van der Waals surface area contributed by atoms with Crippen molar-refractivity contribution in [2.45, 2.75) is 19.9 Å². The predicted molar refractivity (Wildman–Crippen MR) is 121 cm³/mol. The van der Waals surface area contributed by atoms with E-state index in [1.807, 2.05) is 38.1 Å². The fourth-order valence-corrected chi connectivity index (χ4v) is 4.57. The van der Waals surface area contributed by atoms with Crippen LogP contribution in [-0.2, 0) is 4.79 Å². The number of aliphatic hydroxyl groups excluding tert-OH is 1. The Kier molecular flexibility index (Phi) is 5.32. The van der Waals surface area contributed by atoms with Gasteiger partial charge in [-0.3, -0.25) is 19.5 Å². The molecular weight excluding hydrogens is 412 g/mol. The van der Waals surface area contributed by atoms with Gasteiger partial charge >= 0.3 is 0 Å². The largest absolute Gasteiger partial charge is 0.503 e. The maximum atomic E-state index is 13.5. The zero-order valence-corrected chi connectivity index (χ0v) is 18.5. The van der Waals surface area contributed by atoms with E-state index in [0.29, 0.717) is 22.0 Å². The number of aliphatic hydroxyl groups is 1. The number of carbonyl (C=O) groups is 2. The van der Waals surface area contributed by atoms with Crippen LogP contribution in [0.5, 0.6) is 0 Å². The zero-order chi connectivity index (χ0) is 22.3. The number of aromatic nitrogens is 2. The highest BCUT2D eigenvalue weighted by Gasteiger charge is 2.46. The van der Waals surface area contributed by atoms with E-state index in [4.69, 9.17) is 0 Å². The molecule has 4 rings (SSSR count). The molecule has 1 atom stereocenters. The number of pyridine rings is 1. The highest BCUT2D eigenvalue weighted by atomic mass is 32.1. The van der Waals surface area contributed by atoms with E-state index in [1.165, 1.54) is 16.2 Å². The lowest BCUT2D eigenvalue weighted by atomic mass is 9.98. The molecular formula is C23H22N4O3S. The number of hydrogen-bond donors (Lipinski definition) is 1. The van der Waals surface area contributed by atoms with Gasteiger partial charge in [0.2, 0.25) is 5.78 Å². The Morgan fingerprint density at radius 3 is 2.39 bits per heavy atom. The topological polar surface area (TPSA) is 86.6 Å². The third-order valence-corrected chi connectivity index (χ3v) is 6.25. The van der Waals surface area contributed by atoms with Gasteiger partial charge in [-0.05, 0) is 50.2 Å². The Morgan fingerprint density at radius 2 is 1.84 bits per heavy atom. The average molecular weight is 435 g/mol. The van der Waals surface area contributed by atoms with Crippen molar-refractivity contribution in [2.24, 2.45) is 0 Å². The SMILES string of the molecule is Cc1nc(C)c(C(=O)C2=C(O)C(=O)N(c3ccc(N(C)C)cc3)C2c2ccccn2)s1. The second-order valence-corrected chi connectivity index (χ2v) is 8.69. The number of Topliss-reactive ketones (excluding diaryl/α,β-unsaturated/α-hetero) is 1. The third kappa shape index (κ3) is 3.59. The first-order chi connectivity index (χ1) is 14.8. The number of hydrogen-bond acceptors (Lipinski definition) is 7. The lowest BCUT2D eigenvalue weighted by molar-refractivity contribution is -0.117. The molecule has 1 aliphatic heterocycles. The van der Waals surface area contributed by atoms with E-state index in [1.54, 1.807) is 43.5 Å². The summed E-state index contributed by atoms with van der Waals surface area (Å²) < 4.78 is 0. The van der Waals surface area contributed by atoms with Gasteiger partial charge in [-0.25, -0.2) is 4.98 Å². The number of rotatable bonds is 5. The Morgan fingerprint density at radius 1 is 1.13 bits per heavy atom. The monoisotopic (exact) mass is 434 g/mol. The molecule has 31 heavy (non-hydrogen) atoms. The first-order valence-electron chi connectivity index (χ1n) is 9.73. The number of thiazole rings is 1. The Bertz CT molecular complexity index is 1180. The highest BCUT2D eigenvalue weighted by molar-refractivity contribution is 7.14. The summed E-state index contributed by atoms with van der Waals surface area (Å²) in [6.07, 6.45) is 1.60. The molecule has 0 aliphatic carbocycles. The molecule has 0 spiro atoms. The van der Waals surface area contributed by atoms with Crippen molar-refractivity contribution >= 4 is 34.4 Å². The molecule has 0 radical (unpaired) electrons. The van der Waals surface area contributed by atoms with Crippen molar-refractivity contribution in [3.63, 3.8) is 0 Å². The molecule has 3 heterocycles. The van der Waals surface area contributed by atoms with Crippen molar-refractivity contribution in [3.8, 4) is 0 Å². The van der Waals surface area contributed by atoms with E-state index in [2.05, 4.69) is 9.97 Å². The molecule has 1 amide bonds. The van der Waals surface area contributed by atoms with Gasteiger partial charge in [-0.15, -0.1) is 11.3 Å². The summed E-state index contributed by atoms with van der Waals surface area (Å²) in [6, 6.07) is 11.8. The second-order valence-electron chi connectivity index (χ2n) is 7.48. The number of amides is 1. The van der Waals surface area contributed by atoms with Crippen LogP contribution in [0.1, 0.15) is 32.1 Å². The molecule has 7 nitrogen and oxygen atoms in total. The van der Waals surface area contributed by atoms with Crippen LogP contribution >= 0.6 is 11.3 Å². The van der Waals surface area contributed by atoms with Gasteiger partial charge in [0.25, 0.3) is 5.91 Å². The maximum Gasteiger partial charge on any atom is 0.294 e. The van der Waals surface area contributed by atoms with Gasteiger partial charge in [0, 0.05) is 31.7 Å². The van der Waals surface area contributed by atoms with Crippen LogP contribution in [0.15, 0.2) is 60.0 Å². The highest BCUT2D eigenvalue weighted by Crippen LogP contribution is 2.42. The van der Waals surface area contributed by atoms with E-state index in [9.17, 15) is 14.7 Å². The maximum absolute atomic E-state index is 13.5. The van der Waals surface area contributed by atoms with Crippen LogP contribution in [0.3, 0.4) is 0 Å². The van der Waals surface area contributed by atoms with Crippen molar-refractivity contribution in [1.82, 2.24) is 9.97 Å². The van der Waals surface area contributed by atoms with Gasteiger partial charge in [0.05, 0.1) is 26.8 Å². The van der Waals surface area contributed by atoms with Crippen LogP contribution in [-0.4, -0.2) is 40.9 Å². The van der Waals surface area contributed by atoms with Crippen LogP contribution in [0.25, 0.3) is 0 Å². The lowest BCUT2D eigenvalue weighted by Crippen LogP contribution is -2.31. The zero-order valence-electron chi connectivity index (χ0n) is 17.7. The molecule has 1 aromatic carbocycles. The van der Waals surface area contributed by atoms with Crippen molar-refractivity contribution in [2.75, 3.05) is 23.9 Å². The fourth-order valence-electron chi connectivity index (χ4n) is 3.70. The summed E-state index contributed by atoms with van der Waals surface area (Å²) >= 11 is 1.25. The first kappa shape index (κ1) is 20.7. The summed E-state index contributed by atoms with van der Waals surface area (Å²) in [5.41, 5.74) is 2.63. The first-order valence-corrected chi connectivity index (χ1v) is 10.5. The summed E-state index contributed by atoms with van der Waals surface area (Å²) in [5, 5.41) is 11.6. The molecule has 0 saturated carbocycles. The molecule has 0 fully saturated rings. The van der Waals surface area contributed by atoms with Gasteiger partial charge in [-0.1, -0.05) is 6.07 Å². The van der Waals surface area contributed by atoms with Crippen LogP contribution in [0, 0.1) is 13.8 Å². The summed E-state index contributed by atoms with van der Waals surface area (Å²) in [4.78, 5) is 39.1. The molecule has 158 valence electrons. The normalized spacial score (nSPS) is 16.2. The average Bonchev–Trinajstić information content (AvgIpc) is 3.24. The predicted octanol–water partition coefficient (Wildman–Crippen LogP) is 4.00. The molecule has 8 heteroatoms. The fraction of sp³-hybridized carbons (Fsp3) is 0.217. The molecule has 1 unspecified atom stereocenters. The minimum absolute atomic E-state index is 0.0205. The molecule has 3 aromatic rings. The molecule has 1 aliphatic rings. The van der Waals surface area contributed by atoms with Crippen molar-refractivity contribution in [3.05, 3.63) is 81.3 Å². The van der Waals surface area contributed by atoms with Gasteiger partial charge < -0.3 is 10.0 Å². The number of ketones is 1. The number of aryl methyl sites for hydroxylation is 2. The van der Waals surface area contributed by atoms with E-state index in [-0.39, 0.29) is 5.57 Å². The van der Waals surface area contributed by atoms with Gasteiger partial charge in [0.15, 0.2) is 5.76 Å². The second kappa shape index (κ2) is 7.96. The molecule has 0 saturated heterocycles. The number of carbonyl (C=O) groups excluding carboxylic acids is 2. The molecule has 0 bridgehead atoms. The van der Waals surface area contributed by atoms with E-state index >= 15 is 0 Å². The summed E-state index contributed by atoms with van der Waals surface area (Å²) in [7, 11) is 3.85. The quantitative estimate of drug-likeness (QED) is 0.611. The van der Waals surface area contributed by atoms with Crippen molar-refractivity contribution < 1.29 is 14.7 Å². The minimum Gasteiger partial charge on any atom is -0.503 e. The third-order valence-electron chi connectivity index (χ3n) is 5.17. The Balaban J connectivity index is 1.85. The Labute approximate surface area is 184 Å². The van der Waals surface area contributed by atoms with Crippen LogP contribution < -0.4 is 9.80 Å². The van der Waals surface area contributed by atoms with Crippen LogP contribution in [0.2, 0.25) is 0 Å². The van der Waals surface area contributed by atoms with Gasteiger partial charge in [0.1, 0.15) is 6.04 Å². The molecule has 2 aromatic heterocycles. The van der Waals surface area contributed by atoms with E-state index < -0.39 is 23.5 Å². The number of anilines is 2. The van der Waals surface area contributed by atoms with Crippen LogP contribution in [0.4, 0.5) is 11.4 Å². The summed E-state index contributed by atoms with van der Waals surface area (Å²) in [6.45, 7) is 3.57. The lowest BCUT2D eigenvalue weighted by Gasteiger charge is -2.26. The smallest absolute Gasteiger partial charge is 0.294 e. The van der Waals surface area contributed by atoms with Crippen molar-refractivity contribution in [1.29, 1.82) is 0 Å².